The molecule has 2 rings (SSSR count). The van der Waals surface area contributed by atoms with Gasteiger partial charge in [-0.25, -0.2) is 4.98 Å². The van der Waals surface area contributed by atoms with Crippen LogP contribution in [-0.4, -0.2) is 15.8 Å². The number of nitrogens with zero attached hydrogens (tertiary/aromatic N) is 2. The van der Waals surface area contributed by atoms with Crippen molar-refractivity contribution in [1.82, 2.24) is 4.98 Å². The van der Waals surface area contributed by atoms with Gasteiger partial charge in [0, 0.05) is 22.8 Å². The predicted molar refractivity (Wildman–Crippen MR) is 77.4 cm³/mol. The van der Waals surface area contributed by atoms with Crippen LogP contribution in [0, 0.1) is 10.1 Å². The first kappa shape index (κ1) is 13.9. The second kappa shape index (κ2) is 5.66. The van der Waals surface area contributed by atoms with Crippen molar-refractivity contribution in [3.63, 3.8) is 0 Å². The molecule has 1 aromatic heterocycles. The number of nitro benzene ring substituents is 1. The van der Waals surface area contributed by atoms with Gasteiger partial charge < -0.3 is 11.1 Å². The molecule has 0 atom stereocenters. The minimum Gasteiger partial charge on any atom is -0.397 e. The molecule has 0 radical (unpaired) electrons. The number of hydrogen-bond donors (Lipinski definition) is 2. The Morgan fingerprint density at radius 3 is 2.75 bits per heavy atom. The number of rotatable bonds is 3. The molecule has 102 valence electrons. The summed E-state index contributed by atoms with van der Waals surface area (Å²) in [5, 5.41) is 13.2. The fourth-order valence-electron chi connectivity index (χ4n) is 1.51. The maximum absolute atomic E-state index is 12.0. The molecule has 0 bridgehead atoms. The van der Waals surface area contributed by atoms with E-state index >= 15 is 0 Å². The Kier molecular flexibility index (Phi) is 3.94. The molecule has 8 heteroatoms. The molecule has 0 aliphatic carbocycles. The lowest BCUT2D eigenvalue weighted by molar-refractivity contribution is -0.384. The number of hydrogen-bond acceptors (Lipinski definition) is 5. The molecule has 3 N–H and O–H groups in total. The molecule has 0 aliphatic heterocycles. The van der Waals surface area contributed by atoms with Crippen LogP contribution in [0.4, 0.5) is 17.1 Å². The van der Waals surface area contributed by atoms with Crippen molar-refractivity contribution in [2.75, 3.05) is 11.1 Å². The lowest BCUT2D eigenvalue weighted by Crippen LogP contribution is -2.16. The third kappa shape index (κ3) is 2.91. The summed E-state index contributed by atoms with van der Waals surface area (Å²) in [5.74, 6) is -0.488. The van der Waals surface area contributed by atoms with E-state index in [0.29, 0.717) is 10.2 Å². The van der Waals surface area contributed by atoms with Crippen LogP contribution in [0.5, 0.6) is 0 Å². The zero-order valence-electron chi connectivity index (χ0n) is 10.0. The molecule has 2 aromatic rings. The highest BCUT2D eigenvalue weighted by Gasteiger charge is 2.14. The number of nitrogen functional groups attached to an aromatic ring is 1. The number of halogens is 1. The average molecular weight is 337 g/mol. The van der Waals surface area contributed by atoms with Crippen LogP contribution in [0.1, 0.15) is 10.5 Å². The number of anilines is 2. The maximum Gasteiger partial charge on any atom is 0.276 e. The van der Waals surface area contributed by atoms with E-state index in [9.17, 15) is 14.9 Å². The zero-order valence-corrected chi connectivity index (χ0v) is 11.6. The normalized spacial score (nSPS) is 10.1. The number of pyridine rings is 1. The first-order valence-corrected chi connectivity index (χ1v) is 6.24. The van der Waals surface area contributed by atoms with E-state index in [-0.39, 0.29) is 17.1 Å². The van der Waals surface area contributed by atoms with Gasteiger partial charge in [-0.2, -0.15) is 0 Å². The largest absolute Gasteiger partial charge is 0.397 e. The Bertz CT molecular complexity index is 690. The number of carbonyl (C=O) groups is 1. The van der Waals surface area contributed by atoms with Crippen molar-refractivity contribution >= 4 is 38.9 Å². The zero-order chi connectivity index (χ0) is 14.7. The fourth-order valence-corrected chi connectivity index (χ4v) is 1.97. The average Bonchev–Trinajstić information content (AvgIpc) is 2.41. The molecule has 1 amide bonds. The molecule has 0 fully saturated rings. The van der Waals surface area contributed by atoms with Gasteiger partial charge in [-0.15, -0.1) is 0 Å². The molecule has 0 aliphatic rings. The van der Waals surface area contributed by atoms with Gasteiger partial charge in [0.15, 0.2) is 5.69 Å². The van der Waals surface area contributed by atoms with Crippen LogP contribution in [-0.2, 0) is 0 Å². The first-order chi connectivity index (χ1) is 9.49. The topological polar surface area (TPSA) is 111 Å². The van der Waals surface area contributed by atoms with Crippen LogP contribution in [0.15, 0.2) is 41.0 Å². The number of nitrogens with two attached hydrogens (primary N) is 1. The van der Waals surface area contributed by atoms with E-state index < -0.39 is 10.8 Å². The Labute approximate surface area is 122 Å². The summed E-state index contributed by atoms with van der Waals surface area (Å²) in [5.41, 5.74) is 6.32. The molecule has 0 spiro atoms. The van der Waals surface area contributed by atoms with Crippen LogP contribution < -0.4 is 11.1 Å². The van der Waals surface area contributed by atoms with E-state index in [1.807, 2.05) is 0 Å². The number of carbonyl (C=O) groups excluding carboxylic acids is 1. The van der Waals surface area contributed by atoms with E-state index in [1.165, 1.54) is 24.4 Å². The number of amides is 1. The molecule has 7 nitrogen and oxygen atoms in total. The second-order valence-corrected chi connectivity index (χ2v) is 4.67. The number of benzene rings is 1. The van der Waals surface area contributed by atoms with Crippen LogP contribution in [0.3, 0.4) is 0 Å². The highest BCUT2D eigenvalue weighted by Crippen LogP contribution is 2.27. The summed E-state index contributed by atoms with van der Waals surface area (Å²) in [6.07, 6.45) is 1.45. The molecule has 0 saturated heterocycles. The van der Waals surface area contributed by atoms with Crippen LogP contribution in [0.2, 0.25) is 0 Å². The fraction of sp³-hybridized carbons (Fsp3) is 0. The monoisotopic (exact) mass is 336 g/mol. The van der Waals surface area contributed by atoms with Gasteiger partial charge in [-0.05, 0) is 34.1 Å². The van der Waals surface area contributed by atoms with Gasteiger partial charge in [0.25, 0.3) is 11.6 Å². The van der Waals surface area contributed by atoms with Gasteiger partial charge in [0.2, 0.25) is 0 Å². The highest BCUT2D eigenvalue weighted by molar-refractivity contribution is 9.10. The summed E-state index contributed by atoms with van der Waals surface area (Å²) in [7, 11) is 0. The first-order valence-electron chi connectivity index (χ1n) is 5.45. The van der Waals surface area contributed by atoms with Crippen molar-refractivity contribution in [2.45, 2.75) is 0 Å². The Morgan fingerprint density at radius 2 is 2.15 bits per heavy atom. The minimum absolute atomic E-state index is 0.0766. The smallest absolute Gasteiger partial charge is 0.276 e. The van der Waals surface area contributed by atoms with E-state index in [1.54, 1.807) is 12.1 Å². The standard InChI is InChI=1S/C12H9BrN4O3/c13-8-6-7(17(19)20)3-4-10(8)16-12(18)11-9(14)2-1-5-15-11/h1-6H,14H2,(H,16,18). The van der Waals surface area contributed by atoms with Gasteiger partial charge >= 0.3 is 0 Å². The van der Waals surface area contributed by atoms with Gasteiger partial charge in [-0.1, -0.05) is 0 Å². The van der Waals surface area contributed by atoms with Crippen molar-refractivity contribution in [3.8, 4) is 0 Å². The lowest BCUT2D eigenvalue weighted by atomic mass is 10.2. The Hall–Kier alpha value is -2.48. The van der Waals surface area contributed by atoms with Crippen molar-refractivity contribution in [1.29, 1.82) is 0 Å². The molecular weight excluding hydrogens is 328 g/mol. The predicted octanol–water partition coefficient (Wildman–Crippen LogP) is 2.59. The van der Waals surface area contributed by atoms with Gasteiger partial charge in [0.05, 0.1) is 16.3 Å². The third-order valence-electron chi connectivity index (χ3n) is 2.47. The number of nitrogens with one attached hydrogen (secondary N) is 1. The molecular formula is C12H9BrN4O3. The highest BCUT2D eigenvalue weighted by atomic mass is 79.9. The van der Waals surface area contributed by atoms with Crippen LogP contribution in [0.25, 0.3) is 0 Å². The number of nitro groups is 1. The molecule has 0 saturated carbocycles. The Morgan fingerprint density at radius 1 is 1.40 bits per heavy atom. The molecule has 0 unspecified atom stereocenters. The summed E-state index contributed by atoms with van der Waals surface area (Å²) in [6, 6.07) is 7.21. The van der Waals surface area contributed by atoms with Gasteiger partial charge in [-0.3, -0.25) is 14.9 Å². The van der Waals surface area contributed by atoms with Crippen molar-refractivity contribution < 1.29 is 9.72 Å². The third-order valence-corrected chi connectivity index (χ3v) is 3.12. The Balaban J connectivity index is 2.25. The second-order valence-electron chi connectivity index (χ2n) is 3.82. The SMILES string of the molecule is Nc1cccnc1C(=O)Nc1ccc([N+](=O)[O-])cc1Br. The molecule has 1 aromatic carbocycles. The maximum atomic E-state index is 12.0. The van der Waals surface area contributed by atoms with Crippen molar-refractivity contribution in [2.24, 2.45) is 0 Å². The lowest BCUT2D eigenvalue weighted by Gasteiger charge is -2.08. The minimum atomic E-state index is -0.521. The quantitative estimate of drug-likeness (QED) is 0.660. The van der Waals surface area contributed by atoms with Crippen LogP contribution >= 0.6 is 15.9 Å². The number of non-ortho nitro benzene ring substituents is 1. The van der Waals surface area contributed by atoms with E-state index in [4.69, 9.17) is 5.73 Å². The van der Waals surface area contributed by atoms with E-state index in [0.717, 1.165) is 0 Å². The summed E-state index contributed by atoms with van der Waals surface area (Å²) >= 11 is 3.16. The molecule has 20 heavy (non-hydrogen) atoms. The number of aromatic nitrogens is 1. The summed E-state index contributed by atoms with van der Waals surface area (Å²) < 4.78 is 0.398. The summed E-state index contributed by atoms with van der Waals surface area (Å²) in [6.45, 7) is 0. The molecule has 1 heterocycles. The van der Waals surface area contributed by atoms with Crippen molar-refractivity contribution in [3.05, 3.63) is 56.8 Å². The van der Waals surface area contributed by atoms with E-state index in [2.05, 4.69) is 26.2 Å². The summed E-state index contributed by atoms with van der Waals surface area (Å²) in [4.78, 5) is 26.0. The van der Waals surface area contributed by atoms with Gasteiger partial charge in [0.1, 0.15) is 0 Å².